The van der Waals surface area contributed by atoms with Gasteiger partial charge in [-0.05, 0) is 42.5 Å². The largest absolute Gasteiger partial charge is 0.493 e. The van der Waals surface area contributed by atoms with Gasteiger partial charge >= 0.3 is 0 Å². The highest BCUT2D eigenvalue weighted by molar-refractivity contribution is 5.39. The summed E-state index contributed by atoms with van der Waals surface area (Å²) in [6.45, 7) is 4.79. The van der Waals surface area contributed by atoms with Gasteiger partial charge in [0.1, 0.15) is 5.75 Å². The first-order valence-corrected chi connectivity index (χ1v) is 9.79. The molecule has 2 fully saturated rings. The SMILES string of the molecule is O=c1ccc(C2CC2)nn1CC1CN(CCc2ccc3c(c2)CCO3)C1. The first-order chi connectivity index (χ1) is 12.7. The quantitative estimate of drug-likeness (QED) is 0.801. The van der Waals surface area contributed by atoms with E-state index in [1.807, 2.05) is 6.07 Å². The average molecular weight is 351 g/mol. The van der Waals surface area contributed by atoms with Crippen LogP contribution in [0.25, 0.3) is 0 Å². The van der Waals surface area contributed by atoms with E-state index in [0.717, 1.165) is 57.1 Å². The number of fused-ring (bicyclic) bond motifs is 1. The fourth-order valence-electron chi connectivity index (χ4n) is 4.09. The van der Waals surface area contributed by atoms with Gasteiger partial charge in [-0.25, -0.2) is 4.68 Å². The van der Waals surface area contributed by atoms with Gasteiger partial charge in [-0.3, -0.25) is 4.79 Å². The molecule has 1 aromatic heterocycles. The van der Waals surface area contributed by atoms with Gasteiger partial charge in [0.15, 0.2) is 0 Å². The van der Waals surface area contributed by atoms with E-state index in [1.54, 1.807) is 10.7 Å². The molecule has 5 nitrogen and oxygen atoms in total. The Morgan fingerprint density at radius 1 is 1.15 bits per heavy atom. The van der Waals surface area contributed by atoms with Gasteiger partial charge in [-0.15, -0.1) is 0 Å². The van der Waals surface area contributed by atoms with Crippen LogP contribution in [0.5, 0.6) is 5.75 Å². The van der Waals surface area contributed by atoms with Gasteiger partial charge in [-0.2, -0.15) is 5.10 Å². The molecule has 0 atom stereocenters. The second kappa shape index (κ2) is 6.54. The van der Waals surface area contributed by atoms with Gasteiger partial charge in [-0.1, -0.05) is 12.1 Å². The second-order valence-corrected chi connectivity index (χ2v) is 7.97. The van der Waals surface area contributed by atoms with Gasteiger partial charge < -0.3 is 9.64 Å². The number of likely N-dealkylation sites (tertiary alicyclic amines) is 1. The molecule has 26 heavy (non-hydrogen) atoms. The molecule has 3 heterocycles. The lowest BCUT2D eigenvalue weighted by Gasteiger charge is -2.39. The van der Waals surface area contributed by atoms with E-state index in [2.05, 4.69) is 28.2 Å². The number of aromatic nitrogens is 2. The van der Waals surface area contributed by atoms with Crippen LogP contribution in [0.15, 0.2) is 35.1 Å². The van der Waals surface area contributed by atoms with Crippen LogP contribution in [-0.2, 0) is 19.4 Å². The Labute approximate surface area is 153 Å². The lowest BCUT2D eigenvalue weighted by molar-refractivity contribution is 0.0854. The maximum atomic E-state index is 12.1. The summed E-state index contributed by atoms with van der Waals surface area (Å²) < 4.78 is 7.27. The van der Waals surface area contributed by atoms with E-state index in [4.69, 9.17) is 4.74 Å². The monoisotopic (exact) mass is 351 g/mol. The average Bonchev–Trinajstić information content (AvgIpc) is 3.36. The van der Waals surface area contributed by atoms with Crippen LogP contribution in [0, 0.1) is 5.92 Å². The van der Waals surface area contributed by atoms with Crippen molar-refractivity contribution in [2.75, 3.05) is 26.2 Å². The van der Waals surface area contributed by atoms with Gasteiger partial charge in [0, 0.05) is 44.0 Å². The zero-order valence-electron chi connectivity index (χ0n) is 15.1. The molecule has 1 saturated carbocycles. The normalized spacial score (nSPS) is 19.8. The van der Waals surface area contributed by atoms with Crippen molar-refractivity contribution in [1.29, 1.82) is 0 Å². The molecular weight excluding hydrogens is 326 g/mol. The lowest BCUT2D eigenvalue weighted by Crippen LogP contribution is -2.50. The van der Waals surface area contributed by atoms with Gasteiger partial charge in [0.2, 0.25) is 0 Å². The third-order valence-electron chi connectivity index (χ3n) is 5.82. The predicted octanol–water partition coefficient (Wildman–Crippen LogP) is 2.23. The zero-order chi connectivity index (χ0) is 17.5. The van der Waals surface area contributed by atoms with Crippen molar-refractivity contribution in [2.24, 2.45) is 5.92 Å². The van der Waals surface area contributed by atoms with Gasteiger partial charge in [0.25, 0.3) is 5.56 Å². The highest BCUT2D eigenvalue weighted by Gasteiger charge is 2.29. The molecule has 0 bridgehead atoms. The summed E-state index contributed by atoms with van der Waals surface area (Å²) in [6.07, 6.45) is 4.56. The summed E-state index contributed by atoms with van der Waals surface area (Å²) in [5.74, 6) is 2.20. The van der Waals surface area contributed by atoms with Crippen molar-refractivity contribution >= 4 is 0 Å². The number of nitrogens with zero attached hydrogens (tertiary/aromatic N) is 3. The molecule has 1 aliphatic carbocycles. The fraction of sp³-hybridized carbons (Fsp3) is 0.524. The van der Waals surface area contributed by atoms with E-state index in [9.17, 15) is 4.79 Å². The Balaban J connectivity index is 1.12. The predicted molar refractivity (Wildman–Crippen MR) is 99.7 cm³/mol. The van der Waals surface area contributed by atoms with E-state index in [0.29, 0.717) is 11.8 Å². The molecule has 0 amide bonds. The minimum Gasteiger partial charge on any atom is -0.493 e. The summed E-state index contributed by atoms with van der Waals surface area (Å²) in [6, 6.07) is 10.2. The number of hydrogen-bond acceptors (Lipinski definition) is 4. The van der Waals surface area contributed by atoms with Crippen LogP contribution in [0.4, 0.5) is 0 Å². The Kier molecular flexibility index (Phi) is 4.04. The lowest BCUT2D eigenvalue weighted by atomic mass is 9.98. The maximum Gasteiger partial charge on any atom is 0.266 e. The summed E-state index contributed by atoms with van der Waals surface area (Å²) >= 11 is 0. The summed E-state index contributed by atoms with van der Waals surface area (Å²) in [4.78, 5) is 14.5. The van der Waals surface area contributed by atoms with E-state index in [-0.39, 0.29) is 5.56 Å². The highest BCUT2D eigenvalue weighted by Crippen LogP contribution is 2.38. The number of ether oxygens (including phenoxy) is 1. The Morgan fingerprint density at radius 3 is 2.88 bits per heavy atom. The van der Waals surface area contributed by atoms with Crippen LogP contribution in [0.1, 0.15) is 35.6 Å². The zero-order valence-corrected chi connectivity index (χ0v) is 15.1. The van der Waals surface area contributed by atoms with Crippen molar-refractivity contribution in [3.05, 3.63) is 57.5 Å². The minimum atomic E-state index is 0.0354. The first kappa shape index (κ1) is 16.1. The summed E-state index contributed by atoms with van der Waals surface area (Å²) in [7, 11) is 0. The molecule has 0 unspecified atom stereocenters. The van der Waals surface area contributed by atoms with E-state index in [1.165, 1.54) is 24.0 Å². The van der Waals surface area contributed by atoms with Crippen LogP contribution in [0.3, 0.4) is 0 Å². The Hall–Kier alpha value is -2.14. The van der Waals surface area contributed by atoms with E-state index >= 15 is 0 Å². The molecule has 5 rings (SSSR count). The molecular formula is C21H25N3O2. The third kappa shape index (κ3) is 3.28. The van der Waals surface area contributed by atoms with Crippen molar-refractivity contribution in [3.8, 4) is 5.75 Å². The van der Waals surface area contributed by atoms with Gasteiger partial charge in [0.05, 0.1) is 18.8 Å². The number of rotatable bonds is 6. The minimum absolute atomic E-state index is 0.0354. The topological polar surface area (TPSA) is 47.4 Å². The van der Waals surface area contributed by atoms with Crippen LogP contribution in [0.2, 0.25) is 0 Å². The smallest absolute Gasteiger partial charge is 0.266 e. The molecule has 136 valence electrons. The molecule has 0 spiro atoms. The maximum absolute atomic E-state index is 12.1. The molecule has 5 heteroatoms. The Bertz CT molecular complexity index is 866. The van der Waals surface area contributed by atoms with Crippen LogP contribution >= 0.6 is 0 Å². The van der Waals surface area contributed by atoms with Crippen molar-refractivity contribution in [2.45, 2.75) is 38.1 Å². The summed E-state index contributed by atoms with van der Waals surface area (Å²) in [5, 5.41) is 4.58. The highest BCUT2D eigenvalue weighted by atomic mass is 16.5. The van der Waals surface area contributed by atoms with Crippen molar-refractivity contribution in [3.63, 3.8) is 0 Å². The van der Waals surface area contributed by atoms with Crippen molar-refractivity contribution < 1.29 is 4.74 Å². The molecule has 2 aliphatic heterocycles. The van der Waals surface area contributed by atoms with E-state index < -0.39 is 0 Å². The van der Waals surface area contributed by atoms with Crippen molar-refractivity contribution in [1.82, 2.24) is 14.7 Å². The molecule has 0 radical (unpaired) electrons. The fourth-order valence-corrected chi connectivity index (χ4v) is 4.09. The molecule has 0 N–H and O–H groups in total. The number of benzene rings is 1. The molecule has 2 aromatic rings. The third-order valence-corrected chi connectivity index (χ3v) is 5.82. The molecule has 1 aromatic carbocycles. The number of hydrogen-bond donors (Lipinski definition) is 0. The first-order valence-electron chi connectivity index (χ1n) is 9.79. The molecule has 1 saturated heterocycles. The summed E-state index contributed by atoms with van der Waals surface area (Å²) in [5.41, 5.74) is 3.88. The molecule has 3 aliphatic rings. The van der Waals surface area contributed by atoms with Crippen LogP contribution < -0.4 is 10.3 Å². The second-order valence-electron chi connectivity index (χ2n) is 7.97. The van der Waals surface area contributed by atoms with Crippen LogP contribution in [-0.4, -0.2) is 40.9 Å². The Morgan fingerprint density at radius 2 is 2.04 bits per heavy atom. The standard InChI is InChI=1S/C21H25N3O2/c25-21-6-4-19(17-2-3-17)22-24(21)14-16-12-23(13-16)9-7-15-1-5-20-18(11-15)8-10-26-20/h1,4-6,11,16-17H,2-3,7-10,12-14H2.